The lowest BCUT2D eigenvalue weighted by Gasteiger charge is -1.92. The molecular formula is C9H8BrClOS. The van der Waals surface area contributed by atoms with Crippen LogP contribution in [0.2, 0.25) is 4.34 Å². The lowest BCUT2D eigenvalue weighted by molar-refractivity contribution is 0.0980. The first-order chi connectivity index (χ1) is 6.16. The Bertz CT molecular complexity index is 324. The van der Waals surface area contributed by atoms with Crippen molar-refractivity contribution in [3.8, 4) is 0 Å². The molecule has 0 saturated heterocycles. The minimum atomic E-state index is 0.236. The minimum Gasteiger partial charge on any atom is -0.293 e. The summed E-state index contributed by atoms with van der Waals surface area (Å²) >= 11 is 10.5. The van der Waals surface area contributed by atoms with Crippen LogP contribution in [-0.2, 0) is 0 Å². The molecule has 0 aromatic carbocycles. The zero-order chi connectivity index (χ0) is 9.42. The van der Waals surface area contributed by atoms with Crippen LogP contribution >= 0.6 is 38.9 Å². The summed E-state index contributed by atoms with van der Waals surface area (Å²) in [6.07, 6.45) is 3.13. The van der Waals surface area contributed by atoms with Crippen molar-refractivity contribution in [1.29, 1.82) is 0 Å². The van der Waals surface area contributed by atoms with Crippen molar-refractivity contribution >= 4 is 44.7 Å². The molecular weight excluding hydrogens is 272 g/mol. The van der Waals surface area contributed by atoms with E-state index in [0.29, 0.717) is 16.7 Å². The Balaban J connectivity index is 2.09. The first kappa shape index (κ1) is 9.69. The number of halogens is 2. The SMILES string of the molecule is O=C(CC1CC1)c1cc(Br)c(Cl)s1. The van der Waals surface area contributed by atoms with Crippen molar-refractivity contribution in [3.63, 3.8) is 0 Å². The topological polar surface area (TPSA) is 17.1 Å². The zero-order valence-corrected chi connectivity index (χ0v) is 10.0. The second-order valence-corrected chi connectivity index (χ2v) is 5.81. The molecule has 1 aromatic heterocycles. The maximum absolute atomic E-state index is 11.6. The van der Waals surface area contributed by atoms with Gasteiger partial charge in [0.2, 0.25) is 0 Å². The van der Waals surface area contributed by atoms with Gasteiger partial charge in [0.1, 0.15) is 4.34 Å². The third kappa shape index (κ3) is 2.33. The maximum atomic E-state index is 11.6. The second kappa shape index (κ2) is 3.71. The van der Waals surface area contributed by atoms with Crippen LogP contribution in [0.5, 0.6) is 0 Å². The smallest absolute Gasteiger partial charge is 0.173 e. The van der Waals surface area contributed by atoms with E-state index in [-0.39, 0.29) is 5.78 Å². The molecule has 0 atom stereocenters. The number of ketones is 1. The van der Waals surface area contributed by atoms with Crippen LogP contribution in [0.25, 0.3) is 0 Å². The summed E-state index contributed by atoms with van der Waals surface area (Å²) < 4.78 is 1.50. The van der Waals surface area contributed by atoms with E-state index in [0.717, 1.165) is 9.35 Å². The molecule has 4 heteroatoms. The fourth-order valence-corrected chi connectivity index (χ4v) is 2.82. The maximum Gasteiger partial charge on any atom is 0.173 e. The van der Waals surface area contributed by atoms with Gasteiger partial charge < -0.3 is 0 Å². The lowest BCUT2D eigenvalue weighted by Crippen LogP contribution is -1.96. The first-order valence-corrected chi connectivity index (χ1v) is 6.13. The van der Waals surface area contributed by atoms with Gasteiger partial charge in [0, 0.05) is 10.9 Å². The molecule has 1 fully saturated rings. The van der Waals surface area contributed by atoms with Gasteiger partial charge in [-0.05, 0) is 40.8 Å². The molecule has 0 radical (unpaired) electrons. The molecule has 0 unspecified atom stereocenters. The van der Waals surface area contributed by atoms with Crippen molar-refractivity contribution in [2.24, 2.45) is 5.92 Å². The molecule has 70 valence electrons. The van der Waals surface area contributed by atoms with Crippen molar-refractivity contribution in [2.45, 2.75) is 19.3 Å². The van der Waals surface area contributed by atoms with Gasteiger partial charge in [0.15, 0.2) is 5.78 Å². The van der Waals surface area contributed by atoms with E-state index in [9.17, 15) is 4.79 Å². The van der Waals surface area contributed by atoms with Gasteiger partial charge in [-0.25, -0.2) is 0 Å². The van der Waals surface area contributed by atoms with Crippen LogP contribution in [0.3, 0.4) is 0 Å². The summed E-state index contributed by atoms with van der Waals surface area (Å²) in [5.74, 6) is 0.882. The Morgan fingerprint density at radius 3 is 2.85 bits per heavy atom. The average molecular weight is 280 g/mol. The molecule has 0 bridgehead atoms. The van der Waals surface area contributed by atoms with E-state index in [4.69, 9.17) is 11.6 Å². The van der Waals surface area contributed by atoms with Crippen molar-refractivity contribution in [3.05, 3.63) is 19.8 Å². The number of Topliss-reactive ketones (excluding diaryl/α,β-unsaturated/α-hetero) is 1. The molecule has 0 amide bonds. The van der Waals surface area contributed by atoms with E-state index >= 15 is 0 Å². The Kier molecular flexibility index (Phi) is 2.77. The molecule has 1 saturated carbocycles. The molecule has 1 nitrogen and oxygen atoms in total. The highest BCUT2D eigenvalue weighted by Crippen LogP contribution is 2.37. The normalized spacial score (nSPS) is 16.2. The van der Waals surface area contributed by atoms with Crippen LogP contribution in [0.1, 0.15) is 28.9 Å². The van der Waals surface area contributed by atoms with E-state index in [1.54, 1.807) is 0 Å². The number of hydrogen-bond acceptors (Lipinski definition) is 2. The Hall–Kier alpha value is 0.140. The summed E-state index contributed by atoms with van der Waals surface area (Å²) in [4.78, 5) is 12.4. The van der Waals surface area contributed by atoms with E-state index in [1.165, 1.54) is 24.2 Å². The Morgan fingerprint density at radius 2 is 2.38 bits per heavy atom. The van der Waals surface area contributed by atoms with Crippen molar-refractivity contribution in [1.82, 2.24) is 0 Å². The van der Waals surface area contributed by atoms with Gasteiger partial charge in [0.05, 0.1) is 4.88 Å². The highest BCUT2D eigenvalue weighted by Gasteiger charge is 2.25. The molecule has 1 aromatic rings. The predicted octanol–water partition coefficient (Wildman–Crippen LogP) is 4.15. The lowest BCUT2D eigenvalue weighted by atomic mass is 10.2. The van der Waals surface area contributed by atoms with Gasteiger partial charge in [0.25, 0.3) is 0 Å². The molecule has 1 aliphatic rings. The molecule has 2 rings (SSSR count). The van der Waals surface area contributed by atoms with E-state index in [1.807, 2.05) is 6.07 Å². The van der Waals surface area contributed by atoms with Crippen LogP contribution in [0, 0.1) is 5.92 Å². The van der Waals surface area contributed by atoms with Gasteiger partial charge in [-0.15, -0.1) is 11.3 Å². The minimum absolute atomic E-state index is 0.236. The zero-order valence-electron chi connectivity index (χ0n) is 6.85. The van der Waals surface area contributed by atoms with Crippen LogP contribution < -0.4 is 0 Å². The standard InChI is InChI=1S/C9H8BrClOS/c10-6-4-8(13-9(6)11)7(12)3-5-1-2-5/h4-5H,1-3H2. The monoisotopic (exact) mass is 278 g/mol. The van der Waals surface area contributed by atoms with Crippen LogP contribution in [-0.4, -0.2) is 5.78 Å². The van der Waals surface area contributed by atoms with Crippen LogP contribution in [0.15, 0.2) is 10.5 Å². The fourth-order valence-electron chi connectivity index (χ4n) is 1.17. The molecule has 1 heterocycles. The predicted molar refractivity (Wildman–Crippen MR) is 58.7 cm³/mol. The molecule has 13 heavy (non-hydrogen) atoms. The van der Waals surface area contributed by atoms with Gasteiger partial charge in [-0.1, -0.05) is 11.6 Å². The van der Waals surface area contributed by atoms with Crippen molar-refractivity contribution < 1.29 is 4.79 Å². The summed E-state index contributed by atoms with van der Waals surface area (Å²) in [6, 6.07) is 1.82. The average Bonchev–Trinajstić information content (AvgIpc) is 2.81. The summed E-state index contributed by atoms with van der Waals surface area (Å²) in [5, 5.41) is 0. The molecule has 1 aliphatic carbocycles. The van der Waals surface area contributed by atoms with Gasteiger partial charge in [-0.3, -0.25) is 4.79 Å². The largest absolute Gasteiger partial charge is 0.293 e. The number of hydrogen-bond donors (Lipinski definition) is 0. The number of thiophene rings is 1. The van der Waals surface area contributed by atoms with E-state index in [2.05, 4.69) is 15.9 Å². The summed E-state index contributed by atoms with van der Waals surface area (Å²) in [7, 11) is 0. The van der Waals surface area contributed by atoms with Gasteiger partial charge >= 0.3 is 0 Å². The van der Waals surface area contributed by atoms with E-state index < -0.39 is 0 Å². The number of carbonyl (C=O) groups excluding carboxylic acids is 1. The highest BCUT2D eigenvalue weighted by molar-refractivity contribution is 9.10. The summed E-state index contributed by atoms with van der Waals surface area (Å²) in [5.41, 5.74) is 0. The second-order valence-electron chi connectivity index (χ2n) is 3.30. The molecule has 0 spiro atoms. The van der Waals surface area contributed by atoms with Crippen molar-refractivity contribution in [2.75, 3.05) is 0 Å². The Labute approximate surface area is 94.2 Å². The fraction of sp³-hybridized carbons (Fsp3) is 0.444. The third-order valence-electron chi connectivity index (χ3n) is 2.09. The Morgan fingerprint density at radius 1 is 1.69 bits per heavy atom. The summed E-state index contributed by atoms with van der Waals surface area (Å²) in [6.45, 7) is 0. The molecule has 0 N–H and O–H groups in total. The van der Waals surface area contributed by atoms with Gasteiger partial charge in [-0.2, -0.15) is 0 Å². The number of rotatable bonds is 3. The number of carbonyl (C=O) groups is 1. The third-order valence-corrected chi connectivity index (χ3v) is 4.61. The quantitative estimate of drug-likeness (QED) is 0.760. The molecule has 0 aliphatic heterocycles. The van der Waals surface area contributed by atoms with Crippen LogP contribution in [0.4, 0.5) is 0 Å². The highest BCUT2D eigenvalue weighted by atomic mass is 79.9. The first-order valence-electron chi connectivity index (χ1n) is 4.15.